The van der Waals surface area contributed by atoms with Crippen LogP contribution in [0.2, 0.25) is 0 Å². The van der Waals surface area contributed by atoms with Gasteiger partial charge in [-0.25, -0.2) is 4.99 Å². The first kappa shape index (κ1) is 15.4. The predicted molar refractivity (Wildman–Crippen MR) is 80.5 cm³/mol. The number of aliphatic imine (C=N–C) groups is 1. The van der Waals surface area contributed by atoms with Crippen LogP contribution in [0.5, 0.6) is 0 Å². The molecule has 1 unspecified atom stereocenters. The summed E-state index contributed by atoms with van der Waals surface area (Å²) in [5, 5.41) is 4.22. The van der Waals surface area contributed by atoms with E-state index < -0.39 is 11.9 Å². The molecule has 2 heterocycles. The highest BCUT2D eigenvalue weighted by Gasteiger charge is 2.30. The molecule has 0 saturated carbocycles. The Kier molecular flexibility index (Phi) is 4.85. The standard InChI is InChI=1S/C14H17N3O3S/c1-9-11(6-7-21-9)15-10(2)17(8-18)12-4-3-5-13(19)16-14(12)20/h6-8,12H,3-5H2,1-2H3,(H,16,19,20). The summed E-state index contributed by atoms with van der Waals surface area (Å²) < 4.78 is 0. The van der Waals surface area contributed by atoms with E-state index in [1.165, 1.54) is 4.90 Å². The van der Waals surface area contributed by atoms with Crippen LogP contribution in [0, 0.1) is 6.92 Å². The first-order valence-corrected chi connectivity index (χ1v) is 7.57. The summed E-state index contributed by atoms with van der Waals surface area (Å²) in [5.41, 5.74) is 0.787. The number of carbonyl (C=O) groups is 3. The van der Waals surface area contributed by atoms with Gasteiger partial charge in [-0.05, 0) is 38.1 Å². The predicted octanol–water partition coefficient (Wildman–Crippen LogP) is 1.76. The summed E-state index contributed by atoms with van der Waals surface area (Å²) >= 11 is 1.57. The second-order valence-corrected chi connectivity index (χ2v) is 5.97. The zero-order valence-electron chi connectivity index (χ0n) is 12.0. The highest BCUT2D eigenvalue weighted by Crippen LogP contribution is 2.24. The number of hydrogen-bond donors (Lipinski definition) is 1. The number of rotatable bonds is 3. The Hall–Kier alpha value is -2.02. The average molecular weight is 307 g/mol. The molecular formula is C14H17N3O3S. The van der Waals surface area contributed by atoms with Crippen molar-refractivity contribution in [2.75, 3.05) is 0 Å². The first-order valence-electron chi connectivity index (χ1n) is 6.69. The van der Waals surface area contributed by atoms with Gasteiger partial charge in [0.15, 0.2) is 0 Å². The molecule has 112 valence electrons. The van der Waals surface area contributed by atoms with Crippen LogP contribution in [0.3, 0.4) is 0 Å². The fourth-order valence-corrected chi connectivity index (χ4v) is 2.87. The van der Waals surface area contributed by atoms with Gasteiger partial charge in [-0.15, -0.1) is 11.3 Å². The molecule has 0 bridgehead atoms. The highest BCUT2D eigenvalue weighted by molar-refractivity contribution is 7.10. The van der Waals surface area contributed by atoms with Crippen molar-refractivity contribution >= 4 is 41.1 Å². The monoisotopic (exact) mass is 307 g/mol. The number of nitrogens with one attached hydrogen (secondary N) is 1. The molecule has 0 spiro atoms. The van der Waals surface area contributed by atoms with Crippen molar-refractivity contribution in [1.29, 1.82) is 0 Å². The van der Waals surface area contributed by atoms with Crippen molar-refractivity contribution in [3.63, 3.8) is 0 Å². The fourth-order valence-electron chi connectivity index (χ4n) is 2.24. The van der Waals surface area contributed by atoms with Crippen LogP contribution in [0.4, 0.5) is 5.69 Å². The Balaban J connectivity index is 2.24. The van der Waals surface area contributed by atoms with E-state index in [2.05, 4.69) is 10.3 Å². The maximum Gasteiger partial charge on any atom is 0.249 e. The molecule has 1 fully saturated rings. The molecule has 6 nitrogen and oxygen atoms in total. The van der Waals surface area contributed by atoms with Crippen molar-refractivity contribution < 1.29 is 14.4 Å². The lowest BCUT2D eigenvalue weighted by Gasteiger charge is -2.25. The number of imide groups is 1. The van der Waals surface area contributed by atoms with Crippen LogP contribution in [-0.4, -0.2) is 35.0 Å². The molecule has 1 saturated heterocycles. The first-order chi connectivity index (χ1) is 10.0. The zero-order chi connectivity index (χ0) is 15.4. The Morgan fingerprint density at radius 3 is 2.90 bits per heavy atom. The minimum absolute atomic E-state index is 0.295. The molecule has 0 aromatic carbocycles. The van der Waals surface area contributed by atoms with Gasteiger partial charge in [-0.1, -0.05) is 0 Å². The van der Waals surface area contributed by atoms with E-state index in [0.717, 1.165) is 10.6 Å². The molecule has 1 aliphatic rings. The summed E-state index contributed by atoms with van der Waals surface area (Å²) in [7, 11) is 0. The second-order valence-electron chi connectivity index (χ2n) is 4.85. The smallest absolute Gasteiger partial charge is 0.249 e. The Bertz CT molecular complexity index is 594. The minimum atomic E-state index is -0.684. The third kappa shape index (κ3) is 3.55. The van der Waals surface area contributed by atoms with E-state index in [4.69, 9.17) is 0 Å². The number of amidine groups is 1. The molecule has 2 rings (SSSR count). The van der Waals surface area contributed by atoms with Crippen LogP contribution in [0.15, 0.2) is 16.4 Å². The second kappa shape index (κ2) is 6.62. The molecule has 3 amide bonds. The van der Waals surface area contributed by atoms with Gasteiger partial charge in [0, 0.05) is 11.3 Å². The Morgan fingerprint density at radius 2 is 2.29 bits per heavy atom. The van der Waals surface area contributed by atoms with Crippen LogP contribution < -0.4 is 5.32 Å². The topological polar surface area (TPSA) is 78.8 Å². The van der Waals surface area contributed by atoms with Crippen molar-refractivity contribution in [2.24, 2.45) is 4.99 Å². The third-order valence-corrected chi connectivity index (χ3v) is 4.22. The third-order valence-electron chi connectivity index (χ3n) is 3.38. The molecule has 7 heteroatoms. The van der Waals surface area contributed by atoms with Gasteiger partial charge in [0.1, 0.15) is 11.9 Å². The van der Waals surface area contributed by atoms with Gasteiger partial charge in [0.05, 0.1) is 5.69 Å². The van der Waals surface area contributed by atoms with Gasteiger partial charge in [-0.3, -0.25) is 24.6 Å². The summed E-state index contributed by atoms with van der Waals surface area (Å²) in [6.07, 6.45) is 1.92. The maximum atomic E-state index is 12.0. The van der Waals surface area contributed by atoms with Gasteiger partial charge < -0.3 is 0 Å². The molecule has 1 atom stereocenters. The van der Waals surface area contributed by atoms with Crippen molar-refractivity contribution in [1.82, 2.24) is 10.2 Å². The number of thiophene rings is 1. The van der Waals surface area contributed by atoms with Crippen molar-refractivity contribution in [3.05, 3.63) is 16.3 Å². The van der Waals surface area contributed by atoms with E-state index in [1.54, 1.807) is 18.3 Å². The van der Waals surface area contributed by atoms with Gasteiger partial charge in [0.25, 0.3) is 0 Å². The van der Waals surface area contributed by atoms with Crippen LogP contribution in [-0.2, 0) is 14.4 Å². The number of aryl methyl sites for hydroxylation is 1. The number of hydrogen-bond acceptors (Lipinski definition) is 5. The van der Waals surface area contributed by atoms with Crippen LogP contribution in [0.1, 0.15) is 31.1 Å². The van der Waals surface area contributed by atoms with Crippen LogP contribution >= 0.6 is 11.3 Å². The maximum absolute atomic E-state index is 12.0. The van der Waals surface area contributed by atoms with Crippen LogP contribution in [0.25, 0.3) is 0 Å². The Labute approximate surface area is 126 Å². The van der Waals surface area contributed by atoms with E-state index in [1.807, 2.05) is 18.4 Å². The molecular weight excluding hydrogens is 290 g/mol. The van der Waals surface area contributed by atoms with Crippen molar-refractivity contribution in [3.8, 4) is 0 Å². The largest absolute Gasteiger partial charge is 0.295 e. The summed E-state index contributed by atoms with van der Waals surface area (Å²) in [5.74, 6) is -0.293. The normalized spacial score (nSPS) is 19.9. The lowest BCUT2D eigenvalue weighted by Crippen LogP contribution is -2.48. The Morgan fingerprint density at radius 1 is 1.52 bits per heavy atom. The quantitative estimate of drug-likeness (QED) is 0.400. The molecule has 21 heavy (non-hydrogen) atoms. The summed E-state index contributed by atoms with van der Waals surface area (Å²) in [6, 6.07) is 1.18. The van der Waals surface area contributed by atoms with E-state index in [0.29, 0.717) is 31.5 Å². The lowest BCUT2D eigenvalue weighted by atomic mass is 10.1. The molecule has 1 N–H and O–H groups in total. The SMILES string of the molecule is CC(=Nc1ccsc1C)N(C=O)C1CCCC(=O)NC1=O. The van der Waals surface area contributed by atoms with Gasteiger partial charge in [-0.2, -0.15) is 0 Å². The van der Waals surface area contributed by atoms with E-state index in [9.17, 15) is 14.4 Å². The number of carbonyl (C=O) groups excluding carboxylic acids is 3. The number of amides is 3. The van der Waals surface area contributed by atoms with Gasteiger partial charge >= 0.3 is 0 Å². The fraction of sp³-hybridized carbons (Fsp3) is 0.429. The zero-order valence-corrected chi connectivity index (χ0v) is 12.8. The molecule has 1 aromatic heterocycles. The van der Waals surface area contributed by atoms with E-state index in [-0.39, 0.29) is 5.91 Å². The number of nitrogens with zero attached hydrogens (tertiary/aromatic N) is 2. The molecule has 0 radical (unpaired) electrons. The molecule has 1 aliphatic heterocycles. The van der Waals surface area contributed by atoms with Crippen molar-refractivity contribution in [2.45, 2.75) is 39.2 Å². The summed E-state index contributed by atoms with van der Waals surface area (Å²) in [4.78, 5) is 41.5. The molecule has 1 aromatic rings. The highest BCUT2D eigenvalue weighted by atomic mass is 32.1. The van der Waals surface area contributed by atoms with E-state index >= 15 is 0 Å². The summed E-state index contributed by atoms with van der Waals surface area (Å²) in [6.45, 7) is 3.63. The molecule has 0 aliphatic carbocycles. The average Bonchev–Trinajstić information content (AvgIpc) is 2.74. The lowest BCUT2D eigenvalue weighted by molar-refractivity contribution is -0.134. The minimum Gasteiger partial charge on any atom is -0.295 e. The van der Waals surface area contributed by atoms with Gasteiger partial charge in [0.2, 0.25) is 18.2 Å².